The van der Waals surface area contributed by atoms with Crippen LogP contribution in [0.4, 0.5) is 0 Å². The van der Waals surface area contributed by atoms with E-state index in [4.69, 9.17) is 0 Å². The summed E-state index contributed by atoms with van der Waals surface area (Å²) in [5.74, 6) is 0.653. The predicted molar refractivity (Wildman–Crippen MR) is 103 cm³/mol. The lowest BCUT2D eigenvalue weighted by atomic mass is 10.1. The second-order valence-corrected chi connectivity index (χ2v) is 7.09. The van der Waals surface area contributed by atoms with Crippen molar-refractivity contribution < 1.29 is 4.79 Å². The average Bonchev–Trinajstić information content (AvgIpc) is 2.90. The molecule has 3 rings (SSSR count). The smallest absolute Gasteiger partial charge is 0.258 e. The van der Waals surface area contributed by atoms with Crippen molar-refractivity contribution in [1.29, 1.82) is 0 Å². The van der Waals surface area contributed by atoms with E-state index in [9.17, 15) is 9.59 Å². The first-order chi connectivity index (χ1) is 12.7. The summed E-state index contributed by atoms with van der Waals surface area (Å²) in [5, 5.41) is 3.77. The Morgan fingerprint density at radius 1 is 1.23 bits per heavy atom. The van der Waals surface area contributed by atoms with Crippen molar-refractivity contribution in [2.45, 2.75) is 58.0 Å². The first-order valence-electron chi connectivity index (χ1n) is 9.65. The van der Waals surface area contributed by atoms with Gasteiger partial charge in [-0.15, -0.1) is 0 Å². The first kappa shape index (κ1) is 18.6. The Bertz CT molecular complexity index is 794. The quantitative estimate of drug-likeness (QED) is 0.780. The van der Waals surface area contributed by atoms with E-state index >= 15 is 0 Å². The molecule has 0 bridgehead atoms. The Hall–Kier alpha value is -2.21. The molecule has 2 N–H and O–H groups in total. The van der Waals surface area contributed by atoms with Gasteiger partial charge in [-0.3, -0.25) is 14.5 Å². The van der Waals surface area contributed by atoms with Crippen LogP contribution in [0.3, 0.4) is 0 Å². The van der Waals surface area contributed by atoms with Gasteiger partial charge in [-0.2, -0.15) is 0 Å². The molecule has 0 atom stereocenters. The Labute approximate surface area is 154 Å². The van der Waals surface area contributed by atoms with Gasteiger partial charge in [-0.25, -0.2) is 4.98 Å². The highest BCUT2D eigenvalue weighted by Crippen LogP contribution is 2.17. The molecule has 0 spiro atoms. The van der Waals surface area contributed by atoms with Crippen LogP contribution < -0.4 is 10.9 Å². The molecule has 1 aliphatic carbocycles. The zero-order valence-electron chi connectivity index (χ0n) is 15.5. The van der Waals surface area contributed by atoms with Crippen LogP contribution >= 0.6 is 0 Å². The summed E-state index contributed by atoms with van der Waals surface area (Å²) in [6.45, 7) is 3.50. The van der Waals surface area contributed by atoms with Crippen molar-refractivity contribution in [3.05, 3.63) is 40.4 Å². The molecule has 0 saturated heterocycles. The summed E-state index contributed by atoms with van der Waals surface area (Å²) in [7, 11) is 0. The Morgan fingerprint density at radius 2 is 1.96 bits per heavy atom. The fourth-order valence-electron chi connectivity index (χ4n) is 3.60. The largest absolute Gasteiger partial charge is 0.352 e. The minimum atomic E-state index is -0.135. The van der Waals surface area contributed by atoms with Crippen LogP contribution in [0.5, 0.6) is 0 Å². The van der Waals surface area contributed by atoms with Crippen LogP contribution in [-0.4, -0.2) is 39.9 Å². The minimum absolute atomic E-state index is 0.0573. The van der Waals surface area contributed by atoms with Gasteiger partial charge in [0.15, 0.2) is 0 Å². The fourth-order valence-corrected chi connectivity index (χ4v) is 3.60. The van der Waals surface area contributed by atoms with Crippen molar-refractivity contribution in [1.82, 2.24) is 20.2 Å². The van der Waals surface area contributed by atoms with Gasteiger partial charge in [0.1, 0.15) is 5.82 Å². The van der Waals surface area contributed by atoms with Crippen LogP contribution in [0.2, 0.25) is 0 Å². The molecule has 1 aliphatic rings. The lowest BCUT2D eigenvalue weighted by Crippen LogP contribution is -2.42. The number of hydrogen-bond acceptors (Lipinski definition) is 4. The van der Waals surface area contributed by atoms with E-state index in [0.717, 1.165) is 12.8 Å². The van der Waals surface area contributed by atoms with Crippen molar-refractivity contribution in [2.24, 2.45) is 0 Å². The maximum absolute atomic E-state index is 12.4. The first-order valence-corrected chi connectivity index (χ1v) is 9.65. The molecule has 0 aliphatic heterocycles. The van der Waals surface area contributed by atoms with Crippen LogP contribution in [0.15, 0.2) is 29.1 Å². The molecule has 1 aromatic carbocycles. The fraction of sp³-hybridized carbons (Fsp3) is 0.550. The standard InChI is InChI=1S/C20H28N4O2/c1-2-24(14-19(25)21-15-9-5-3-4-6-10-15)13-18-22-17-12-8-7-11-16(17)20(26)23-18/h7-8,11-12,15H,2-6,9-10,13-14H2,1H3,(H,21,25)(H,22,23,26). The monoisotopic (exact) mass is 356 g/mol. The predicted octanol–water partition coefficient (Wildman–Crippen LogP) is 2.58. The number of amides is 1. The molecular weight excluding hydrogens is 328 g/mol. The van der Waals surface area contributed by atoms with E-state index in [2.05, 4.69) is 15.3 Å². The third kappa shape index (κ3) is 4.91. The van der Waals surface area contributed by atoms with Gasteiger partial charge in [-0.1, -0.05) is 44.7 Å². The van der Waals surface area contributed by atoms with Crippen LogP contribution in [-0.2, 0) is 11.3 Å². The highest BCUT2D eigenvalue weighted by Gasteiger charge is 2.17. The number of fused-ring (bicyclic) bond motifs is 1. The van der Waals surface area contributed by atoms with E-state index in [1.54, 1.807) is 6.07 Å². The molecule has 1 heterocycles. The SMILES string of the molecule is CCN(CC(=O)NC1CCCCCC1)Cc1nc2ccccc2c(=O)[nH]1. The summed E-state index contributed by atoms with van der Waals surface area (Å²) in [6, 6.07) is 7.61. The normalized spacial score (nSPS) is 15.9. The number of nitrogens with zero attached hydrogens (tertiary/aromatic N) is 2. The number of aromatic amines is 1. The number of carbonyl (C=O) groups is 1. The van der Waals surface area contributed by atoms with E-state index in [1.165, 1.54) is 25.7 Å². The molecule has 6 nitrogen and oxygen atoms in total. The van der Waals surface area contributed by atoms with E-state index in [-0.39, 0.29) is 11.5 Å². The van der Waals surface area contributed by atoms with E-state index in [0.29, 0.717) is 42.4 Å². The van der Waals surface area contributed by atoms with Gasteiger partial charge in [0, 0.05) is 6.04 Å². The van der Waals surface area contributed by atoms with Crippen LogP contribution in [0.25, 0.3) is 10.9 Å². The van der Waals surface area contributed by atoms with Gasteiger partial charge in [-0.05, 0) is 31.5 Å². The van der Waals surface area contributed by atoms with Gasteiger partial charge < -0.3 is 10.3 Å². The van der Waals surface area contributed by atoms with Gasteiger partial charge in [0.05, 0.1) is 24.0 Å². The number of aromatic nitrogens is 2. The lowest BCUT2D eigenvalue weighted by molar-refractivity contribution is -0.123. The number of likely N-dealkylation sites (N-methyl/N-ethyl adjacent to an activating group) is 1. The number of benzene rings is 1. The van der Waals surface area contributed by atoms with E-state index < -0.39 is 0 Å². The molecule has 1 fully saturated rings. The van der Waals surface area contributed by atoms with Gasteiger partial charge in [0.25, 0.3) is 5.56 Å². The number of nitrogens with one attached hydrogen (secondary N) is 2. The molecule has 1 aromatic heterocycles. The molecule has 1 amide bonds. The van der Waals surface area contributed by atoms with Gasteiger partial charge in [0.2, 0.25) is 5.91 Å². The molecule has 2 aromatic rings. The zero-order valence-corrected chi connectivity index (χ0v) is 15.5. The number of para-hydroxylation sites is 1. The van der Waals surface area contributed by atoms with Gasteiger partial charge >= 0.3 is 0 Å². The second-order valence-electron chi connectivity index (χ2n) is 7.09. The second kappa shape index (κ2) is 8.94. The summed E-state index contributed by atoms with van der Waals surface area (Å²) >= 11 is 0. The Morgan fingerprint density at radius 3 is 2.69 bits per heavy atom. The van der Waals surface area contributed by atoms with Crippen LogP contribution in [0.1, 0.15) is 51.3 Å². The average molecular weight is 356 g/mol. The highest BCUT2D eigenvalue weighted by atomic mass is 16.2. The summed E-state index contributed by atoms with van der Waals surface area (Å²) < 4.78 is 0. The summed E-state index contributed by atoms with van der Waals surface area (Å²) in [4.78, 5) is 34.0. The maximum Gasteiger partial charge on any atom is 0.258 e. The number of rotatable bonds is 6. The summed E-state index contributed by atoms with van der Waals surface area (Å²) in [6.07, 6.45) is 7.10. The molecular formula is C20H28N4O2. The number of hydrogen-bond donors (Lipinski definition) is 2. The molecule has 6 heteroatoms. The third-order valence-electron chi connectivity index (χ3n) is 5.07. The molecule has 26 heavy (non-hydrogen) atoms. The van der Waals surface area contributed by atoms with E-state index in [1.807, 2.05) is 30.0 Å². The third-order valence-corrected chi connectivity index (χ3v) is 5.07. The topological polar surface area (TPSA) is 78.1 Å². The highest BCUT2D eigenvalue weighted by molar-refractivity contribution is 5.78. The van der Waals surface area contributed by atoms with Crippen molar-refractivity contribution in [2.75, 3.05) is 13.1 Å². The maximum atomic E-state index is 12.4. The van der Waals surface area contributed by atoms with Crippen molar-refractivity contribution in [3.63, 3.8) is 0 Å². The van der Waals surface area contributed by atoms with Crippen LogP contribution in [0, 0.1) is 0 Å². The Kier molecular flexibility index (Phi) is 6.39. The molecule has 0 unspecified atom stereocenters. The minimum Gasteiger partial charge on any atom is -0.352 e. The van der Waals surface area contributed by atoms with Crippen molar-refractivity contribution >= 4 is 16.8 Å². The molecule has 1 saturated carbocycles. The van der Waals surface area contributed by atoms with Crippen molar-refractivity contribution in [3.8, 4) is 0 Å². The Balaban J connectivity index is 1.62. The number of H-pyrrole nitrogens is 1. The number of carbonyl (C=O) groups excluding carboxylic acids is 1. The summed E-state index contributed by atoms with van der Waals surface area (Å²) in [5.41, 5.74) is 0.551. The molecule has 140 valence electrons. The molecule has 0 radical (unpaired) electrons. The lowest BCUT2D eigenvalue weighted by Gasteiger charge is -2.22. The zero-order chi connectivity index (χ0) is 18.4.